The van der Waals surface area contributed by atoms with E-state index in [9.17, 15) is 5.26 Å². The second-order valence-corrected chi connectivity index (χ2v) is 5.17. The number of morpholine rings is 1. The molecular formula is C18H18N2O2. The molecule has 112 valence electrons. The predicted octanol–water partition coefficient (Wildman–Crippen LogP) is 3.07. The Labute approximate surface area is 130 Å². The Morgan fingerprint density at radius 3 is 2.45 bits per heavy atom. The van der Waals surface area contributed by atoms with Gasteiger partial charge in [0, 0.05) is 24.3 Å². The lowest BCUT2D eigenvalue weighted by atomic mass is 9.99. The largest absolute Gasteiger partial charge is 0.497 e. The lowest BCUT2D eigenvalue weighted by molar-refractivity contribution is 0.122. The monoisotopic (exact) mass is 294 g/mol. The third-order valence-corrected chi connectivity index (χ3v) is 3.90. The van der Waals surface area contributed by atoms with Gasteiger partial charge < -0.3 is 14.4 Å². The van der Waals surface area contributed by atoms with E-state index < -0.39 is 0 Å². The van der Waals surface area contributed by atoms with E-state index >= 15 is 0 Å². The van der Waals surface area contributed by atoms with Gasteiger partial charge in [-0.25, -0.2) is 0 Å². The van der Waals surface area contributed by atoms with E-state index in [2.05, 4.69) is 35.2 Å². The fourth-order valence-corrected chi connectivity index (χ4v) is 2.66. The molecule has 4 heteroatoms. The molecule has 0 saturated carbocycles. The van der Waals surface area contributed by atoms with Crippen molar-refractivity contribution < 1.29 is 9.47 Å². The summed E-state index contributed by atoms with van der Waals surface area (Å²) in [6.07, 6.45) is 0. The highest BCUT2D eigenvalue weighted by molar-refractivity contribution is 5.73. The standard InChI is InChI=1S/C18H18N2O2/c1-21-17-7-4-15(13-19)18(12-17)14-2-5-16(6-3-14)20-8-10-22-11-9-20/h2-7,12H,8-11H2,1H3. The quantitative estimate of drug-likeness (QED) is 0.872. The van der Waals surface area contributed by atoms with Crippen LogP contribution in [-0.4, -0.2) is 33.4 Å². The molecule has 0 amide bonds. The van der Waals surface area contributed by atoms with Crippen LogP contribution in [0.3, 0.4) is 0 Å². The number of methoxy groups -OCH3 is 1. The summed E-state index contributed by atoms with van der Waals surface area (Å²) in [5.74, 6) is 0.756. The van der Waals surface area contributed by atoms with E-state index in [0.717, 1.165) is 43.2 Å². The number of hydrogen-bond donors (Lipinski definition) is 0. The maximum atomic E-state index is 9.29. The molecule has 0 aromatic heterocycles. The van der Waals surface area contributed by atoms with Crippen molar-refractivity contribution in [2.24, 2.45) is 0 Å². The molecule has 2 aromatic rings. The summed E-state index contributed by atoms with van der Waals surface area (Å²) in [5.41, 5.74) is 3.76. The number of rotatable bonds is 3. The Morgan fingerprint density at radius 2 is 1.82 bits per heavy atom. The van der Waals surface area contributed by atoms with Gasteiger partial charge in [-0.3, -0.25) is 0 Å². The van der Waals surface area contributed by atoms with Crippen LogP contribution in [0.25, 0.3) is 11.1 Å². The predicted molar refractivity (Wildman–Crippen MR) is 86.2 cm³/mol. The molecule has 1 aliphatic heterocycles. The molecule has 1 aliphatic rings. The van der Waals surface area contributed by atoms with Crippen LogP contribution in [0.5, 0.6) is 5.75 Å². The summed E-state index contributed by atoms with van der Waals surface area (Å²) in [5, 5.41) is 9.29. The van der Waals surface area contributed by atoms with Crippen molar-refractivity contribution in [2.45, 2.75) is 0 Å². The second-order valence-electron chi connectivity index (χ2n) is 5.17. The summed E-state index contributed by atoms with van der Waals surface area (Å²) in [7, 11) is 1.63. The first-order valence-electron chi connectivity index (χ1n) is 7.33. The van der Waals surface area contributed by atoms with E-state index in [1.807, 2.05) is 12.1 Å². The molecule has 1 saturated heterocycles. The molecule has 0 N–H and O–H groups in total. The molecule has 2 aromatic carbocycles. The number of nitriles is 1. The van der Waals surface area contributed by atoms with Crippen molar-refractivity contribution in [2.75, 3.05) is 38.3 Å². The van der Waals surface area contributed by atoms with Crippen LogP contribution in [0, 0.1) is 11.3 Å². The van der Waals surface area contributed by atoms with Gasteiger partial charge in [0.25, 0.3) is 0 Å². The molecule has 0 spiro atoms. The maximum absolute atomic E-state index is 9.29. The van der Waals surface area contributed by atoms with Gasteiger partial charge in [0.1, 0.15) is 5.75 Å². The first-order chi connectivity index (χ1) is 10.8. The van der Waals surface area contributed by atoms with E-state index in [0.29, 0.717) is 5.56 Å². The van der Waals surface area contributed by atoms with Crippen LogP contribution in [0.4, 0.5) is 5.69 Å². The van der Waals surface area contributed by atoms with Crippen molar-refractivity contribution in [1.29, 1.82) is 5.26 Å². The highest BCUT2D eigenvalue weighted by Crippen LogP contribution is 2.29. The van der Waals surface area contributed by atoms with Crippen LogP contribution < -0.4 is 9.64 Å². The normalized spacial score (nSPS) is 14.5. The number of benzene rings is 2. The Balaban J connectivity index is 1.91. The second kappa shape index (κ2) is 6.50. The van der Waals surface area contributed by atoms with Crippen molar-refractivity contribution >= 4 is 5.69 Å². The minimum atomic E-state index is 0.653. The smallest absolute Gasteiger partial charge is 0.119 e. The summed E-state index contributed by atoms with van der Waals surface area (Å²) < 4.78 is 10.6. The fourth-order valence-electron chi connectivity index (χ4n) is 2.66. The van der Waals surface area contributed by atoms with Gasteiger partial charge in [0.05, 0.1) is 32.0 Å². The first-order valence-corrected chi connectivity index (χ1v) is 7.33. The molecule has 0 atom stereocenters. The van der Waals surface area contributed by atoms with Crippen molar-refractivity contribution in [1.82, 2.24) is 0 Å². The molecule has 3 rings (SSSR count). The average molecular weight is 294 g/mol. The van der Waals surface area contributed by atoms with Gasteiger partial charge in [-0.1, -0.05) is 12.1 Å². The SMILES string of the molecule is COc1ccc(C#N)c(-c2ccc(N3CCOCC3)cc2)c1. The molecule has 0 aliphatic carbocycles. The molecular weight excluding hydrogens is 276 g/mol. The Morgan fingerprint density at radius 1 is 1.09 bits per heavy atom. The number of ether oxygens (including phenoxy) is 2. The van der Waals surface area contributed by atoms with Gasteiger partial charge in [-0.05, 0) is 35.9 Å². The fraction of sp³-hybridized carbons (Fsp3) is 0.278. The van der Waals surface area contributed by atoms with Crippen LogP contribution in [0.1, 0.15) is 5.56 Å². The van der Waals surface area contributed by atoms with E-state index in [1.54, 1.807) is 13.2 Å². The highest BCUT2D eigenvalue weighted by atomic mass is 16.5. The molecule has 22 heavy (non-hydrogen) atoms. The lowest BCUT2D eigenvalue weighted by Crippen LogP contribution is -2.36. The van der Waals surface area contributed by atoms with Crippen LogP contribution in [0.15, 0.2) is 42.5 Å². The number of nitrogens with zero attached hydrogens (tertiary/aromatic N) is 2. The van der Waals surface area contributed by atoms with Gasteiger partial charge in [0.2, 0.25) is 0 Å². The minimum Gasteiger partial charge on any atom is -0.497 e. The van der Waals surface area contributed by atoms with Crippen molar-refractivity contribution in [3.05, 3.63) is 48.0 Å². The van der Waals surface area contributed by atoms with Crippen LogP contribution >= 0.6 is 0 Å². The van der Waals surface area contributed by atoms with Gasteiger partial charge >= 0.3 is 0 Å². The minimum absolute atomic E-state index is 0.653. The van der Waals surface area contributed by atoms with Gasteiger partial charge in [-0.2, -0.15) is 5.26 Å². The third kappa shape index (κ3) is 2.90. The summed E-state index contributed by atoms with van der Waals surface area (Å²) in [4.78, 5) is 2.31. The number of hydrogen-bond acceptors (Lipinski definition) is 4. The summed E-state index contributed by atoms with van der Waals surface area (Å²) in [6, 6.07) is 16.1. The third-order valence-electron chi connectivity index (χ3n) is 3.90. The first kappa shape index (κ1) is 14.4. The molecule has 4 nitrogen and oxygen atoms in total. The Bertz CT molecular complexity index is 683. The topological polar surface area (TPSA) is 45.5 Å². The van der Waals surface area contributed by atoms with Crippen LogP contribution in [-0.2, 0) is 4.74 Å². The molecule has 1 heterocycles. The average Bonchev–Trinajstić information content (AvgIpc) is 2.62. The molecule has 0 unspecified atom stereocenters. The lowest BCUT2D eigenvalue weighted by Gasteiger charge is -2.29. The van der Waals surface area contributed by atoms with Gasteiger partial charge in [-0.15, -0.1) is 0 Å². The highest BCUT2D eigenvalue weighted by Gasteiger charge is 2.12. The Kier molecular flexibility index (Phi) is 4.27. The molecule has 0 radical (unpaired) electrons. The molecule has 1 fully saturated rings. The van der Waals surface area contributed by atoms with E-state index in [4.69, 9.17) is 9.47 Å². The summed E-state index contributed by atoms with van der Waals surface area (Å²) >= 11 is 0. The zero-order valence-electron chi connectivity index (χ0n) is 12.6. The molecule has 0 bridgehead atoms. The zero-order chi connectivity index (χ0) is 15.4. The maximum Gasteiger partial charge on any atom is 0.119 e. The Hall–Kier alpha value is -2.51. The van der Waals surface area contributed by atoms with Crippen molar-refractivity contribution in [3.63, 3.8) is 0 Å². The van der Waals surface area contributed by atoms with E-state index in [1.165, 1.54) is 5.69 Å². The summed E-state index contributed by atoms with van der Waals surface area (Å²) in [6.45, 7) is 3.39. The van der Waals surface area contributed by atoms with E-state index in [-0.39, 0.29) is 0 Å². The van der Waals surface area contributed by atoms with Gasteiger partial charge in [0.15, 0.2) is 0 Å². The van der Waals surface area contributed by atoms with Crippen LogP contribution in [0.2, 0.25) is 0 Å². The number of anilines is 1. The van der Waals surface area contributed by atoms with Crippen molar-refractivity contribution in [3.8, 4) is 22.9 Å². The zero-order valence-corrected chi connectivity index (χ0v) is 12.6.